The van der Waals surface area contributed by atoms with Crippen LogP contribution in [0.2, 0.25) is 0 Å². The maximum atomic E-state index is 13.1. The highest BCUT2D eigenvalue weighted by Crippen LogP contribution is 2.66. The van der Waals surface area contributed by atoms with Gasteiger partial charge in [-0.15, -0.1) is 0 Å². The van der Waals surface area contributed by atoms with Crippen molar-refractivity contribution in [2.24, 2.45) is 40.4 Å². The van der Waals surface area contributed by atoms with Crippen molar-refractivity contribution in [2.75, 3.05) is 0 Å². The largest absolute Gasteiger partial charge is 0.478 e. The third kappa shape index (κ3) is 3.45. The first kappa shape index (κ1) is 20.9. The maximum Gasteiger partial charge on any atom is 0.332 e. The van der Waals surface area contributed by atoms with Crippen LogP contribution in [0.4, 0.5) is 0 Å². The average molecular weight is 402 g/mol. The van der Waals surface area contributed by atoms with E-state index in [4.69, 9.17) is 0 Å². The number of aliphatic carboxylic acids is 1. The Morgan fingerprint density at radius 3 is 2.45 bits per heavy atom. The Morgan fingerprint density at radius 2 is 1.79 bits per heavy atom. The van der Waals surface area contributed by atoms with Gasteiger partial charge in [0.25, 0.3) is 0 Å². The van der Waals surface area contributed by atoms with Gasteiger partial charge in [-0.1, -0.05) is 26.3 Å². The Labute approximate surface area is 175 Å². The van der Waals surface area contributed by atoms with Gasteiger partial charge in [-0.3, -0.25) is 4.79 Å². The summed E-state index contributed by atoms with van der Waals surface area (Å²) in [5.74, 6) is 0.913. The average Bonchev–Trinajstić information content (AvgIpc) is 3.00. The van der Waals surface area contributed by atoms with Crippen molar-refractivity contribution in [2.45, 2.75) is 91.5 Å². The van der Waals surface area contributed by atoms with Crippen molar-refractivity contribution >= 4 is 11.9 Å². The Hall–Kier alpha value is -1.32. The molecule has 0 aliphatic heterocycles. The van der Waals surface area contributed by atoms with Crippen molar-refractivity contribution in [1.29, 1.82) is 0 Å². The summed E-state index contributed by atoms with van der Waals surface area (Å²) in [7, 11) is 0. The van der Waals surface area contributed by atoms with Gasteiger partial charge in [-0.25, -0.2) is 4.79 Å². The molecule has 162 valence electrons. The van der Waals surface area contributed by atoms with Crippen LogP contribution in [-0.4, -0.2) is 22.5 Å². The molecule has 0 spiro atoms. The summed E-state index contributed by atoms with van der Waals surface area (Å²) in [4.78, 5) is 25.2. The lowest BCUT2D eigenvalue weighted by Crippen LogP contribution is -2.55. The van der Waals surface area contributed by atoms with Crippen molar-refractivity contribution in [3.05, 3.63) is 11.6 Å². The summed E-state index contributed by atoms with van der Waals surface area (Å²) >= 11 is 0. The number of amides is 1. The van der Waals surface area contributed by atoms with Gasteiger partial charge in [-0.2, -0.15) is 0 Å². The molecule has 29 heavy (non-hydrogen) atoms. The first-order valence-electron chi connectivity index (χ1n) is 11.7. The zero-order chi connectivity index (χ0) is 21.2. The lowest BCUT2D eigenvalue weighted by molar-refractivity contribution is -0.140. The number of carbonyl (C=O) groups is 2. The lowest BCUT2D eigenvalue weighted by atomic mass is 9.45. The Balaban J connectivity index is 1.66. The van der Waals surface area contributed by atoms with Crippen LogP contribution in [0.3, 0.4) is 0 Å². The summed E-state index contributed by atoms with van der Waals surface area (Å²) in [6, 6.07) is 0. The van der Waals surface area contributed by atoms with Crippen LogP contribution in [-0.2, 0) is 9.59 Å². The van der Waals surface area contributed by atoms with E-state index in [9.17, 15) is 14.7 Å². The van der Waals surface area contributed by atoms with Crippen LogP contribution in [0.15, 0.2) is 11.6 Å². The van der Waals surface area contributed by atoms with Crippen molar-refractivity contribution < 1.29 is 14.7 Å². The molecule has 0 aromatic rings. The SMILES string of the molecule is CC(C)(C)NC(=O)C1C[C@@]2(C)C(C=C1C(=O)O)CC[C@@H]1[C@H]2CC[C@]2(C)CCC[C@@H]12. The molecule has 4 aliphatic carbocycles. The van der Waals surface area contributed by atoms with Crippen molar-refractivity contribution in [1.82, 2.24) is 5.32 Å². The minimum absolute atomic E-state index is 0.0334. The number of rotatable bonds is 2. The summed E-state index contributed by atoms with van der Waals surface area (Å²) < 4.78 is 0. The fraction of sp³-hybridized carbons (Fsp3) is 0.840. The van der Waals surface area contributed by atoms with Crippen LogP contribution in [0.25, 0.3) is 0 Å². The number of hydrogen-bond acceptors (Lipinski definition) is 2. The van der Waals surface area contributed by atoms with Gasteiger partial charge in [-0.05, 0) is 100 Å². The molecule has 2 N–H and O–H groups in total. The molecule has 1 amide bonds. The minimum atomic E-state index is -0.921. The fourth-order valence-electron chi connectivity index (χ4n) is 7.85. The quantitative estimate of drug-likeness (QED) is 0.670. The highest BCUT2D eigenvalue weighted by molar-refractivity contribution is 5.96. The zero-order valence-corrected chi connectivity index (χ0v) is 18.9. The second-order valence-electron chi connectivity index (χ2n) is 12.1. The minimum Gasteiger partial charge on any atom is -0.478 e. The summed E-state index contributed by atoms with van der Waals surface area (Å²) in [5.41, 5.74) is 0.522. The Bertz CT molecular complexity index is 735. The predicted molar refractivity (Wildman–Crippen MR) is 114 cm³/mol. The van der Waals surface area contributed by atoms with Gasteiger partial charge in [0.1, 0.15) is 0 Å². The fourth-order valence-corrected chi connectivity index (χ4v) is 7.85. The standard InChI is InChI=1S/C25H39NO3/c1-23(2,3)26-21(27)18-14-25(5)15(13-17(18)22(28)29)8-9-16-19-7-6-11-24(19,4)12-10-20(16)25/h13,15-16,18-20H,6-12,14H2,1-5H3,(H,26,27)(H,28,29)/t15?,16-,18?,19-,20+,24-,25-/m0/s1. The third-order valence-electron chi connectivity index (χ3n) is 9.19. The topological polar surface area (TPSA) is 66.4 Å². The summed E-state index contributed by atoms with van der Waals surface area (Å²) in [6.07, 6.45) is 11.6. The number of hydrogen-bond donors (Lipinski definition) is 2. The molecule has 0 radical (unpaired) electrons. The number of carboxylic acids is 1. The van der Waals surface area contributed by atoms with Gasteiger partial charge in [0, 0.05) is 11.1 Å². The van der Waals surface area contributed by atoms with E-state index in [1.165, 1.54) is 38.5 Å². The molecule has 7 atom stereocenters. The van der Waals surface area contributed by atoms with E-state index in [0.29, 0.717) is 29.2 Å². The maximum absolute atomic E-state index is 13.1. The van der Waals surface area contributed by atoms with Gasteiger partial charge < -0.3 is 10.4 Å². The molecule has 0 aromatic carbocycles. The lowest BCUT2D eigenvalue weighted by Gasteiger charge is -2.59. The molecule has 0 heterocycles. The second-order valence-corrected chi connectivity index (χ2v) is 12.1. The second kappa shape index (κ2) is 6.85. The highest BCUT2D eigenvalue weighted by atomic mass is 16.4. The monoisotopic (exact) mass is 401 g/mol. The smallest absolute Gasteiger partial charge is 0.332 e. The van der Waals surface area contributed by atoms with Crippen LogP contribution in [0.5, 0.6) is 0 Å². The third-order valence-corrected chi connectivity index (χ3v) is 9.19. The van der Waals surface area contributed by atoms with E-state index in [1.54, 1.807) is 0 Å². The number of nitrogens with one attached hydrogen (secondary N) is 1. The van der Waals surface area contributed by atoms with E-state index < -0.39 is 11.9 Å². The Kier molecular flexibility index (Phi) is 4.94. The van der Waals surface area contributed by atoms with Gasteiger partial charge >= 0.3 is 5.97 Å². The predicted octanol–water partition coefficient (Wildman–Crippen LogP) is 5.18. The highest BCUT2D eigenvalue weighted by Gasteiger charge is 2.58. The Morgan fingerprint density at radius 1 is 1.07 bits per heavy atom. The van der Waals surface area contributed by atoms with Crippen LogP contribution >= 0.6 is 0 Å². The molecule has 0 bridgehead atoms. The number of carboxylic acid groups (broad SMARTS) is 1. The van der Waals surface area contributed by atoms with E-state index in [0.717, 1.165) is 18.3 Å². The summed E-state index contributed by atoms with van der Waals surface area (Å²) in [6.45, 7) is 10.8. The van der Waals surface area contributed by atoms with Crippen molar-refractivity contribution in [3.63, 3.8) is 0 Å². The molecule has 2 unspecified atom stereocenters. The first-order chi connectivity index (χ1) is 13.4. The van der Waals surface area contributed by atoms with Crippen molar-refractivity contribution in [3.8, 4) is 0 Å². The molecule has 4 heteroatoms. The summed E-state index contributed by atoms with van der Waals surface area (Å²) in [5, 5.41) is 12.9. The van der Waals surface area contributed by atoms with Crippen LogP contribution < -0.4 is 5.32 Å². The molecule has 4 nitrogen and oxygen atoms in total. The van der Waals surface area contributed by atoms with E-state index in [2.05, 4.69) is 19.2 Å². The molecular formula is C25H39NO3. The zero-order valence-electron chi connectivity index (χ0n) is 18.9. The number of fused-ring (bicyclic) bond motifs is 5. The first-order valence-corrected chi connectivity index (χ1v) is 11.7. The van der Waals surface area contributed by atoms with E-state index in [1.807, 2.05) is 26.8 Å². The van der Waals surface area contributed by atoms with Crippen LogP contribution in [0, 0.1) is 40.4 Å². The van der Waals surface area contributed by atoms with Crippen LogP contribution in [0.1, 0.15) is 86.0 Å². The number of allylic oxidation sites excluding steroid dienone is 1. The molecule has 4 rings (SSSR count). The number of carbonyl (C=O) groups excluding carboxylic acids is 1. The normalized spacial score (nSPS) is 44.2. The molecule has 3 fully saturated rings. The van der Waals surface area contributed by atoms with E-state index >= 15 is 0 Å². The molecule has 4 aliphatic rings. The van der Waals surface area contributed by atoms with Gasteiger partial charge in [0.05, 0.1) is 5.92 Å². The van der Waals surface area contributed by atoms with Gasteiger partial charge in [0.2, 0.25) is 5.91 Å². The molecule has 3 saturated carbocycles. The molecule has 0 saturated heterocycles. The van der Waals surface area contributed by atoms with Gasteiger partial charge in [0.15, 0.2) is 0 Å². The molecule has 0 aromatic heterocycles. The van der Waals surface area contributed by atoms with E-state index in [-0.39, 0.29) is 16.9 Å². The molecular weight excluding hydrogens is 362 g/mol.